The van der Waals surface area contributed by atoms with Gasteiger partial charge in [0.25, 0.3) is 0 Å². The molecule has 0 aromatic carbocycles. The lowest BCUT2D eigenvalue weighted by Crippen LogP contribution is -2.08. The van der Waals surface area contributed by atoms with E-state index in [1.165, 1.54) is 12.0 Å². The summed E-state index contributed by atoms with van der Waals surface area (Å²) in [7, 11) is 1.96. The average Bonchev–Trinajstić information content (AvgIpc) is 2.74. The number of furan rings is 1. The van der Waals surface area contributed by atoms with E-state index in [9.17, 15) is 0 Å². The monoisotopic (exact) mass is 205 g/mol. The second kappa shape index (κ2) is 4.23. The molecule has 1 aliphatic rings. The highest BCUT2D eigenvalue weighted by Crippen LogP contribution is 2.47. The van der Waals surface area contributed by atoms with Crippen molar-refractivity contribution >= 4 is 6.08 Å². The van der Waals surface area contributed by atoms with Crippen LogP contribution in [0.3, 0.4) is 0 Å². The third-order valence-corrected chi connectivity index (χ3v) is 2.97. The first-order chi connectivity index (χ1) is 7.20. The van der Waals surface area contributed by atoms with Crippen molar-refractivity contribution in [3.8, 4) is 0 Å². The Hall–Kier alpha value is -1.02. The van der Waals surface area contributed by atoms with Crippen LogP contribution in [-0.4, -0.2) is 13.6 Å². The summed E-state index contributed by atoms with van der Waals surface area (Å²) in [5.74, 6) is 3.63. The molecule has 1 fully saturated rings. The van der Waals surface area contributed by atoms with E-state index in [1.807, 2.05) is 7.05 Å². The summed E-state index contributed by atoms with van der Waals surface area (Å²) in [5.41, 5.74) is 1.29. The Bertz CT molecular complexity index is 364. The van der Waals surface area contributed by atoms with Gasteiger partial charge in [0.15, 0.2) is 0 Å². The van der Waals surface area contributed by atoms with Gasteiger partial charge in [-0.3, -0.25) is 0 Å². The van der Waals surface area contributed by atoms with E-state index in [4.69, 9.17) is 4.42 Å². The lowest BCUT2D eigenvalue weighted by molar-refractivity contribution is 0.497. The van der Waals surface area contributed by atoms with Crippen LogP contribution in [0, 0.1) is 5.92 Å². The number of hydrogen-bond acceptors (Lipinski definition) is 2. The highest BCUT2D eigenvalue weighted by Gasteiger charge is 2.36. The van der Waals surface area contributed by atoms with Gasteiger partial charge in [-0.2, -0.15) is 0 Å². The molecule has 0 radical (unpaired) electrons. The zero-order valence-electron chi connectivity index (χ0n) is 9.71. The quantitative estimate of drug-likeness (QED) is 0.817. The Morgan fingerprint density at radius 1 is 1.60 bits per heavy atom. The molecular weight excluding hydrogens is 186 g/mol. The molecule has 15 heavy (non-hydrogen) atoms. The average molecular weight is 205 g/mol. The fourth-order valence-electron chi connectivity index (χ4n) is 1.94. The molecule has 0 bridgehead atoms. The molecule has 2 rings (SSSR count). The van der Waals surface area contributed by atoms with Crippen LogP contribution in [0.5, 0.6) is 0 Å². The molecule has 2 heteroatoms. The summed E-state index contributed by atoms with van der Waals surface area (Å²) in [6.07, 6.45) is 3.39. The molecule has 1 aliphatic carbocycles. The topological polar surface area (TPSA) is 25.2 Å². The third-order valence-electron chi connectivity index (χ3n) is 2.97. The van der Waals surface area contributed by atoms with E-state index < -0.39 is 0 Å². The molecule has 0 aliphatic heterocycles. The molecule has 1 aromatic rings. The van der Waals surface area contributed by atoms with E-state index in [2.05, 4.69) is 37.4 Å². The summed E-state index contributed by atoms with van der Waals surface area (Å²) in [4.78, 5) is 0. The van der Waals surface area contributed by atoms with Crippen molar-refractivity contribution in [1.82, 2.24) is 5.32 Å². The van der Waals surface area contributed by atoms with E-state index in [0.29, 0.717) is 5.92 Å². The van der Waals surface area contributed by atoms with Gasteiger partial charge in [-0.25, -0.2) is 0 Å². The van der Waals surface area contributed by atoms with Crippen molar-refractivity contribution in [1.29, 1.82) is 0 Å². The molecule has 0 spiro atoms. The number of rotatable bonds is 4. The van der Waals surface area contributed by atoms with Gasteiger partial charge in [0, 0.05) is 12.5 Å². The Kier molecular flexibility index (Phi) is 2.96. The first-order valence-electron chi connectivity index (χ1n) is 5.62. The van der Waals surface area contributed by atoms with Crippen molar-refractivity contribution in [2.45, 2.75) is 26.2 Å². The summed E-state index contributed by atoms with van der Waals surface area (Å²) in [6.45, 7) is 5.29. The lowest BCUT2D eigenvalue weighted by Gasteiger charge is -1.97. The van der Waals surface area contributed by atoms with Gasteiger partial charge in [-0.05, 0) is 44.5 Å². The maximum Gasteiger partial charge on any atom is 0.127 e. The standard InChI is InChI=1S/C13H19NO/c1-9(8-14-3)6-11-4-5-13(15-11)12-7-10(12)2/h4-6,10,12,14H,7-8H2,1-3H3. The van der Waals surface area contributed by atoms with Crippen LogP contribution in [0.25, 0.3) is 6.08 Å². The second-order valence-electron chi connectivity index (χ2n) is 4.58. The Labute approximate surface area is 91.4 Å². The summed E-state index contributed by atoms with van der Waals surface area (Å²) in [6, 6.07) is 4.19. The predicted octanol–water partition coefficient (Wildman–Crippen LogP) is 3.03. The largest absolute Gasteiger partial charge is 0.461 e. The highest BCUT2D eigenvalue weighted by molar-refractivity contribution is 5.47. The van der Waals surface area contributed by atoms with E-state index in [-0.39, 0.29) is 0 Å². The van der Waals surface area contributed by atoms with Crippen LogP contribution in [0.1, 0.15) is 37.7 Å². The third kappa shape index (κ3) is 2.51. The maximum absolute atomic E-state index is 5.79. The van der Waals surface area contributed by atoms with Crippen molar-refractivity contribution in [3.05, 3.63) is 29.2 Å². The van der Waals surface area contributed by atoms with Crippen molar-refractivity contribution in [2.75, 3.05) is 13.6 Å². The van der Waals surface area contributed by atoms with E-state index >= 15 is 0 Å². The second-order valence-corrected chi connectivity index (χ2v) is 4.58. The fourth-order valence-corrected chi connectivity index (χ4v) is 1.94. The Morgan fingerprint density at radius 3 is 2.93 bits per heavy atom. The van der Waals surface area contributed by atoms with Crippen molar-refractivity contribution in [3.63, 3.8) is 0 Å². The number of hydrogen-bond donors (Lipinski definition) is 1. The van der Waals surface area contributed by atoms with Crippen LogP contribution in [0.15, 0.2) is 22.1 Å². The van der Waals surface area contributed by atoms with Crippen LogP contribution in [0.4, 0.5) is 0 Å². The first kappa shape index (κ1) is 10.5. The fraction of sp³-hybridized carbons (Fsp3) is 0.538. The Balaban J connectivity index is 2.04. The zero-order chi connectivity index (χ0) is 10.8. The van der Waals surface area contributed by atoms with E-state index in [1.54, 1.807) is 0 Å². The van der Waals surface area contributed by atoms with Crippen LogP contribution >= 0.6 is 0 Å². The molecule has 2 nitrogen and oxygen atoms in total. The molecule has 2 unspecified atom stereocenters. The van der Waals surface area contributed by atoms with Crippen molar-refractivity contribution in [2.24, 2.45) is 5.92 Å². The van der Waals surface area contributed by atoms with Crippen LogP contribution < -0.4 is 5.32 Å². The number of likely N-dealkylation sites (N-methyl/N-ethyl adjacent to an activating group) is 1. The first-order valence-corrected chi connectivity index (χ1v) is 5.62. The Morgan fingerprint density at radius 2 is 2.33 bits per heavy atom. The predicted molar refractivity (Wildman–Crippen MR) is 62.8 cm³/mol. The molecule has 0 saturated heterocycles. The molecule has 1 heterocycles. The van der Waals surface area contributed by atoms with Gasteiger partial charge in [0.1, 0.15) is 11.5 Å². The van der Waals surface area contributed by atoms with Crippen molar-refractivity contribution < 1.29 is 4.42 Å². The maximum atomic E-state index is 5.79. The van der Waals surface area contributed by atoms with Crippen LogP contribution in [-0.2, 0) is 0 Å². The van der Waals surface area contributed by atoms with Gasteiger partial charge in [-0.15, -0.1) is 0 Å². The lowest BCUT2D eigenvalue weighted by atomic mass is 10.2. The molecule has 1 aromatic heterocycles. The molecule has 2 atom stereocenters. The molecule has 0 amide bonds. The minimum absolute atomic E-state index is 0.678. The highest BCUT2D eigenvalue weighted by atomic mass is 16.3. The SMILES string of the molecule is CNCC(C)=Cc1ccc(C2CC2C)o1. The minimum atomic E-state index is 0.678. The molecule has 82 valence electrons. The molecule has 1 N–H and O–H groups in total. The summed E-state index contributed by atoms with van der Waals surface area (Å²) < 4.78 is 5.79. The minimum Gasteiger partial charge on any atom is -0.461 e. The normalized spacial score (nSPS) is 25.7. The smallest absolute Gasteiger partial charge is 0.127 e. The van der Waals surface area contributed by atoms with Gasteiger partial charge in [0.2, 0.25) is 0 Å². The van der Waals surface area contributed by atoms with Gasteiger partial charge < -0.3 is 9.73 Å². The van der Waals surface area contributed by atoms with Crippen LogP contribution in [0.2, 0.25) is 0 Å². The molecule has 1 saturated carbocycles. The summed E-state index contributed by atoms with van der Waals surface area (Å²) in [5, 5.41) is 3.13. The van der Waals surface area contributed by atoms with E-state index in [0.717, 1.165) is 24.0 Å². The van der Waals surface area contributed by atoms with Gasteiger partial charge in [0.05, 0.1) is 0 Å². The summed E-state index contributed by atoms with van der Waals surface area (Å²) >= 11 is 0. The van der Waals surface area contributed by atoms with Gasteiger partial charge in [-0.1, -0.05) is 12.5 Å². The van der Waals surface area contributed by atoms with Gasteiger partial charge >= 0.3 is 0 Å². The number of nitrogens with one attached hydrogen (secondary N) is 1. The molecular formula is C13H19NO. The zero-order valence-corrected chi connectivity index (χ0v) is 9.71.